The second-order valence-corrected chi connectivity index (χ2v) is 14.2. The molecule has 2 saturated heterocycles. The molecule has 2 aliphatic rings. The number of carbonyl (C=O) groups is 5. The summed E-state index contributed by atoms with van der Waals surface area (Å²) < 4.78 is 68.6. The third kappa shape index (κ3) is 10.8. The zero-order valence-electron chi connectivity index (χ0n) is 34.0. The largest absolute Gasteiger partial charge is 0.459 e. The summed E-state index contributed by atoms with van der Waals surface area (Å²) in [5.41, 5.74) is 5.67. The third-order valence-electron chi connectivity index (χ3n) is 9.67. The number of H-pyrrole nitrogens is 1. The molecule has 0 radical (unpaired) electrons. The molecular formula is C44H38F2N6O13. The van der Waals surface area contributed by atoms with Crippen LogP contribution in [-0.4, -0.2) is 111 Å². The van der Waals surface area contributed by atoms with Gasteiger partial charge in [-0.05, 0) is 48.5 Å². The van der Waals surface area contributed by atoms with E-state index in [0.717, 1.165) is 11.6 Å². The summed E-state index contributed by atoms with van der Waals surface area (Å²) in [5.74, 6) is -3.90. The molecule has 0 saturated carbocycles. The summed E-state index contributed by atoms with van der Waals surface area (Å²) in [5, 5.41) is 7.62. The number of nitrogens with one attached hydrogen (secondary N) is 1. The lowest BCUT2D eigenvalue weighted by Gasteiger charge is -2.20. The average Bonchev–Trinajstić information content (AvgIpc) is 3.97. The Morgan fingerprint density at radius 2 is 1.08 bits per heavy atom. The van der Waals surface area contributed by atoms with E-state index in [2.05, 4.69) is 20.3 Å². The number of aromatic nitrogens is 5. The number of nitrogens with zero attached hydrogens (tertiary/aromatic N) is 4. The van der Waals surface area contributed by atoms with E-state index >= 15 is 4.39 Å². The minimum absolute atomic E-state index is 0.101. The molecule has 4 heterocycles. The number of nitrogens with two attached hydrogens (primary N) is 1. The van der Waals surface area contributed by atoms with E-state index in [-0.39, 0.29) is 33.8 Å². The van der Waals surface area contributed by atoms with Crippen LogP contribution in [-0.2, 0) is 38.0 Å². The van der Waals surface area contributed by atoms with Crippen molar-refractivity contribution in [2.24, 2.45) is 0 Å². The highest BCUT2D eigenvalue weighted by atomic mass is 19.1. The molecule has 0 aliphatic carbocycles. The summed E-state index contributed by atoms with van der Waals surface area (Å²) in [6.45, 7) is 0.203. The van der Waals surface area contributed by atoms with Crippen molar-refractivity contribution in [1.82, 2.24) is 25.0 Å². The number of benzene rings is 4. The Kier molecular flexibility index (Phi) is 14.2. The van der Waals surface area contributed by atoms with Gasteiger partial charge < -0.3 is 38.9 Å². The fourth-order valence-electron chi connectivity index (χ4n) is 6.54. The van der Waals surface area contributed by atoms with Gasteiger partial charge in [-0.3, -0.25) is 14.6 Å². The predicted molar refractivity (Wildman–Crippen MR) is 219 cm³/mol. The Balaban J connectivity index is 0.000000199. The van der Waals surface area contributed by atoms with Crippen LogP contribution in [0.25, 0.3) is 11.2 Å². The molecule has 8 rings (SSSR count). The van der Waals surface area contributed by atoms with Crippen LogP contribution in [0.15, 0.2) is 126 Å². The lowest BCUT2D eigenvalue weighted by Crippen LogP contribution is -2.37. The van der Waals surface area contributed by atoms with Crippen molar-refractivity contribution < 1.29 is 65.9 Å². The number of alkyl halides is 2. The van der Waals surface area contributed by atoms with Crippen LogP contribution in [0.2, 0.25) is 0 Å². The van der Waals surface area contributed by atoms with E-state index in [0.29, 0.717) is 5.56 Å². The Morgan fingerprint density at radius 3 is 1.55 bits per heavy atom. The van der Waals surface area contributed by atoms with Gasteiger partial charge in [-0.15, -0.1) is 5.10 Å². The maximum Gasteiger partial charge on any atom is 0.338 e. The average molecular weight is 897 g/mol. The predicted octanol–water partition coefficient (Wildman–Crippen LogP) is 4.11. The van der Waals surface area contributed by atoms with Crippen LogP contribution in [0.3, 0.4) is 0 Å². The second kappa shape index (κ2) is 20.5. The summed E-state index contributed by atoms with van der Waals surface area (Å²) >= 11 is 0. The number of carbonyl (C=O) groups excluding carboxylic acids is 5. The fraction of sp³-hybridized carbons (Fsp3) is 0.250. The van der Waals surface area contributed by atoms with Crippen molar-refractivity contribution in [2.75, 3.05) is 18.9 Å². The van der Waals surface area contributed by atoms with Gasteiger partial charge in [0.2, 0.25) is 12.2 Å². The SMILES string of the molecule is CC(=O)OC1O[C@H](COC(=O)c2ccccc2)[C@@H](F)[C@H]1OC(=O)c1ccccc1.Nc1nc2c(nnn2[C@@H]2O[C@H](COC(=O)c3ccccc3)[C@@H](F)[C@H]2OC(=O)c2ccccc2)c(=O)[nH]1. The smallest absolute Gasteiger partial charge is 0.338 e. The van der Waals surface area contributed by atoms with Gasteiger partial charge in [-0.25, -0.2) is 28.0 Å². The first-order valence-electron chi connectivity index (χ1n) is 19.7. The van der Waals surface area contributed by atoms with Crippen molar-refractivity contribution in [3.8, 4) is 0 Å². The monoisotopic (exact) mass is 896 g/mol. The summed E-state index contributed by atoms with van der Waals surface area (Å²) in [4.78, 5) is 79.1. The van der Waals surface area contributed by atoms with Gasteiger partial charge in [0.15, 0.2) is 41.9 Å². The quantitative estimate of drug-likeness (QED) is 0.129. The Bertz CT molecular complexity index is 2680. The minimum Gasteiger partial charge on any atom is -0.459 e. The van der Waals surface area contributed by atoms with Crippen molar-refractivity contribution >= 4 is 47.0 Å². The van der Waals surface area contributed by atoms with Crippen LogP contribution in [0.1, 0.15) is 54.6 Å². The molecule has 0 amide bonds. The first-order valence-corrected chi connectivity index (χ1v) is 19.7. The summed E-state index contributed by atoms with van der Waals surface area (Å²) in [6.07, 6.45) is -12.2. The van der Waals surface area contributed by atoms with E-state index in [9.17, 15) is 33.2 Å². The molecule has 8 atom stereocenters. The van der Waals surface area contributed by atoms with Gasteiger partial charge in [0.1, 0.15) is 25.4 Å². The normalized spacial score (nSPS) is 22.2. The van der Waals surface area contributed by atoms with E-state index in [4.69, 9.17) is 38.9 Å². The van der Waals surface area contributed by atoms with Crippen molar-refractivity contribution in [1.29, 1.82) is 0 Å². The second-order valence-electron chi connectivity index (χ2n) is 14.2. The number of hydrogen-bond donors (Lipinski definition) is 2. The standard InChI is InChI=1S/C23H19FN6O6.C21H19FO7/c24-15-14(11-34-21(32)12-7-3-1-4-8-12)35-20(17(15)36-22(33)13-9-5-2-6-10-13)30-18-16(28-29-30)19(31)27-23(25)26-18;1-13(23)27-21-18(29-20(25)15-10-6-3-7-11-15)17(22)16(28-21)12-26-19(24)14-8-4-2-5-9-14/h1-10,14-15,17,20H,11H2,(H3,25,26,27,31);2-11,16-18,21H,12H2,1H3/t14-,15-,17-,20-;16-,17-,18-,21?/m11/s1. The molecule has 336 valence electrons. The highest BCUT2D eigenvalue weighted by molar-refractivity contribution is 5.91. The molecule has 1 unspecified atom stereocenters. The lowest BCUT2D eigenvalue weighted by atomic mass is 10.1. The zero-order chi connectivity index (χ0) is 46.0. The van der Waals surface area contributed by atoms with Crippen molar-refractivity contribution in [2.45, 2.75) is 56.2 Å². The van der Waals surface area contributed by atoms with Crippen molar-refractivity contribution in [3.63, 3.8) is 0 Å². The van der Waals surface area contributed by atoms with Gasteiger partial charge in [0, 0.05) is 6.92 Å². The van der Waals surface area contributed by atoms with Crippen LogP contribution < -0.4 is 11.3 Å². The molecule has 0 bridgehead atoms. The van der Waals surface area contributed by atoms with E-state index < -0.39 is 97.9 Å². The number of ether oxygens (including phenoxy) is 7. The number of fused-ring (bicyclic) bond motifs is 1. The Hall–Kier alpha value is -7.91. The number of esters is 5. The molecule has 21 heteroatoms. The zero-order valence-corrected chi connectivity index (χ0v) is 34.0. The third-order valence-corrected chi connectivity index (χ3v) is 9.67. The van der Waals surface area contributed by atoms with Crippen LogP contribution in [0.5, 0.6) is 0 Å². The molecule has 3 N–H and O–H groups in total. The highest BCUT2D eigenvalue weighted by Crippen LogP contribution is 2.36. The number of hydrogen-bond acceptors (Lipinski definition) is 17. The number of anilines is 1. The first kappa shape index (κ1) is 45.1. The molecule has 2 aliphatic heterocycles. The van der Waals surface area contributed by atoms with E-state index in [1.54, 1.807) is 97.1 Å². The number of nitrogen functional groups attached to an aromatic ring is 1. The van der Waals surface area contributed by atoms with Gasteiger partial charge >= 0.3 is 29.8 Å². The number of halogens is 2. The Labute approximate surface area is 366 Å². The molecule has 4 aromatic carbocycles. The highest BCUT2D eigenvalue weighted by Gasteiger charge is 2.52. The van der Waals surface area contributed by atoms with Crippen LogP contribution in [0, 0.1) is 0 Å². The first-order chi connectivity index (χ1) is 31.4. The molecule has 65 heavy (non-hydrogen) atoms. The van der Waals surface area contributed by atoms with Gasteiger partial charge in [0.05, 0.1) is 22.3 Å². The van der Waals surface area contributed by atoms with Gasteiger partial charge in [-0.2, -0.15) is 9.67 Å². The Morgan fingerprint density at radius 1 is 0.646 bits per heavy atom. The van der Waals surface area contributed by atoms with Crippen LogP contribution >= 0.6 is 0 Å². The van der Waals surface area contributed by atoms with Gasteiger partial charge in [-0.1, -0.05) is 78.0 Å². The lowest BCUT2D eigenvalue weighted by molar-refractivity contribution is -0.187. The summed E-state index contributed by atoms with van der Waals surface area (Å²) in [7, 11) is 0. The van der Waals surface area contributed by atoms with Gasteiger partial charge in [0.25, 0.3) is 5.56 Å². The van der Waals surface area contributed by atoms with E-state index in [1.807, 2.05) is 0 Å². The number of rotatable bonds is 12. The summed E-state index contributed by atoms with van der Waals surface area (Å²) in [6, 6.07) is 32.3. The molecule has 2 fully saturated rings. The van der Waals surface area contributed by atoms with Crippen molar-refractivity contribution in [3.05, 3.63) is 154 Å². The van der Waals surface area contributed by atoms with Crippen LogP contribution in [0.4, 0.5) is 14.7 Å². The molecule has 6 aromatic rings. The minimum atomic E-state index is -1.93. The molecule has 2 aromatic heterocycles. The molecule has 19 nitrogen and oxygen atoms in total. The molecular weight excluding hydrogens is 859 g/mol. The van der Waals surface area contributed by atoms with E-state index in [1.165, 1.54) is 24.3 Å². The number of aromatic amines is 1. The fourth-order valence-corrected chi connectivity index (χ4v) is 6.54. The molecule has 0 spiro atoms. The maximum atomic E-state index is 15.6. The topological polar surface area (TPSA) is 252 Å². The maximum absolute atomic E-state index is 15.6.